The molecule has 0 aliphatic heterocycles. The molecule has 0 saturated heterocycles. The molecule has 3 aromatic heterocycles. The van der Waals surface area contributed by atoms with Gasteiger partial charge in [-0.3, -0.25) is 0 Å². The zero-order valence-corrected chi connectivity index (χ0v) is 17.6. The predicted octanol–water partition coefficient (Wildman–Crippen LogP) is 2.61. The fourth-order valence-corrected chi connectivity index (χ4v) is 5.27. The molecule has 0 spiro atoms. The number of rotatable bonds is 6. The van der Waals surface area contributed by atoms with Crippen molar-refractivity contribution in [2.24, 2.45) is 0 Å². The lowest BCUT2D eigenvalue weighted by Crippen LogP contribution is -2.35. The number of hydrogen-bond acceptors (Lipinski definition) is 9. The summed E-state index contributed by atoms with van der Waals surface area (Å²) >= 11 is 0.650. The lowest BCUT2D eigenvalue weighted by atomic mass is 10.0. The van der Waals surface area contributed by atoms with Crippen LogP contribution in [0.2, 0.25) is 0 Å². The largest absolute Gasteiger partial charge is 0.291 e. The van der Waals surface area contributed by atoms with Crippen LogP contribution in [0, 0.1) is 11.3 Å². The molecule has 0 amide bonds. The second kappa shape index (κ2) is 7.33. The SMILES string of the molecule is N#CC1(NS(=O)(=O)c2cc(-c3ccnnc3)c3cnn(-c4nnc(C(F)F)s4)c3c2)CC1. The molecule has 0 radical (unpaired) electrons. The monoisotopic (exact) mass is 474 g/mol. The smallest absolute Gasteiger partial charge is 0.207 e. The van der Waals surface area contributed by atoms with Gasteiger partial charge in [-0.1, -0.05) is 11.3 Å². The number of nitrogens with one attached hydrogen (secondary N) is 1. The molecule has 32 heavy (non-hydrogen) atoms. The Labute approximate surface area is 183 Å². The number of fused-ring (bicyclic) bond motifs is 1. The first-order chi connectivity index (χ1) is 15.3. The van der Waals surface area contributed by atoms with Crippen molar-refractivity contribution in [3.8, 4) is 22.3 Å². The quantitative estimate of drug-likeness (QED) is 0.450. The van der Waals surface area contributed by atoms with Crippen LogP contribution in [0.5, 0.6) is 0 Å². The van der Waals surface area contributed by atoms with Gasteiger partial charge in [0, 0.05) is 10.9 Å². The van der Waals surface area contributed by atoms with Crippen LogP contribution in [0.15, 0.2) is 41.7 Å². The molecule has 4 aromatic rings. The maximum Gasteiger partial charge on any atom is 0.291 e. The summed E-state index contributed by atoms with van der Waals surface area (Å²) in [5.74, 6) is 0. The number of nitrogens with zero attached hydrogens (tertiary/aromatic N) is 7. The van der Waals surface area contributed by atoms with Crippen LogP contribution < -0.4 is 4.72 Å². The van der Waals surface area contributed by atoms with E-state index >= 15 is 0 Å². The highest BCUT2D eigenvalue weighted by atomic mass is 32.2. The molecule has 3 heterocycles. The van der Waals surface area contributed by atoms with Crippen molar-refractivity contribution >= 4 is 32.3 Å². The zero-order valence-electron chi connectivity index (χ0n) is 16.0. The van der Waals surface area contributed by atoms with Gasteiger partial charge in [0.1, 0.15) is 5.54 Å². The molecular formula is C18H12F2N8O2S2. The first kappa shape index (κ1) is 20.5. The minimum atomic E-state index is -4.08. The van der Waals surface area contributed by atoms with E-state index in [1.807, 2.05) is 6.07 Å². The normalized spacial score (nSPS) is 15.2. The van der Waals surface area contributed by atoms with Gasteiger partial charge in [-0.2, -0.15) is 25.3 Å². The van der Waals surface area contributed by atoms with Gasteiger partial charge in [-0.15, -0.1) is 10.2 Å². The Morgan fingerprint density at radius 2 is 2.03 bits per heavy atom. The molecule has 1 aromatic carbocycles. The van der Waals surface area contributed by atoms with E-state index in [-0.39, 0.29) is 10.0 Å². The molecule has 5 rings (SSSR count). The second-order valence-corrected chi connectivity index (χ2v) is 9.78. The van der Waals surface area contributed by atoms with E-state index in [4.69, 9.17) is 0 Å². The number of nitriles is 1. The minimum absolute atomic E-state index is 0.0623. The van der Waals surface area contributed by atoms with Gasteiger partial charge >= 0.3 is 0 Å². The van der Waals surface area contributed by atoms with E-state index < -0.39 is 27.0 Å². The van der Waals surface area contributed by atoms with Gasteiger partial charge in [-0.05, 0) is 36.6 Å². The second-order valence-electron chi connectivity index (χ2n) is 7.11. The number of alkyl halides is 2. The van der Waals surface area contributed by atoms with Crippen LogP contribution in [0.3, 0.4) is 0 Å². The lowest BCUT2D eigenvalue weighted by molar-refractivity contribution is 0.150. The first-order valence-electron chi connectivity index (χ1n) is 9.18. The highest BCUT2D eigenvalue weighted by Gasteiger charge is 2.47. The van der Waals surface area contributed by atoms with Crippen LogP contribution in [0.4, 0.5) is 8.78 Å². The van der Waals surface area contributed by atoms with E-state index in [0.29, 0.717) is 46.2 Å². The summed E-state index contributed by atoms with van der Waals surface area (Å²) in [7, 11) is -4.08. The zero-order chi connectivity index (χ0) is 22.5. The highest BCUT2D eigenvalue weighted by Crippen LogP contribution is 2.38. The topological polar surface area (TPSA) is 139 Å². The number of sulfonamides is 1. The van der Waals surface area contributed by atoms with Gasteiger partial charge in [0.2, 0.25) is 15.2 Å². The summed E-state index contributed by atoms with van der Waals surface area (Å²) in [5, 5.41) is 28.5. The van der Waals surface area contributed by atoms with E-state index in [1.165, 1.54) is 35.4 Å². The van der Waals surface area contributed by atoms with Crippen LogP contribution in [-0.2, 0) is 10.0 Å². The van der Waals surface area contributed by atoms with Gasteiger partial charge in [0.05, 0.1) is 35.1 Å². The van der Waals surface area contributed by atoms with Crippen molar-refractivity contribution < 1.29 is 17.2 Å². The summed E-state index contributed by atoms with van der Waals surface area (Å²) in [4.78, 5) is -0.112. The molecule has 0 unspecified atom stereocenters. The van der Waals surface area contributed by atoms with Gasteiger partial charge in [0.15, 0.2) is 5.01 Å². The molecule has 10 nitrogen and oxygen atoms in total. The summed E-state index contributed by atoms with van der Waals surface area (Å²) < 4.78 is 55.9. The molecule has 1 saturated carbocycles. The first-order valence-corrected chi connectivity index (χ1v) is 11.5. The molecule has 0 atom stereocenters. The molecule has 14 heteroatoms. The average molecular weight is 474 g/mol. The Hall–Kier alpha value is -3.41. The van der Waals surface area contributed by atoms with Crippen molar-refractivity contribution in [2.75, 3.05) is 0 Å². The van der Waals surface area contributed by atoms with Crippen molar-refractivity contribution in [3.05, 3.63) is 41.8 Å². The van der Waals surface area contributed by atoms with Crippen molar-refractivity contribution in [1.82, 2.24) is 34.9 Å². The Kier molecular flexibility index (Phi) is 4.69. The Bertz CT molecular complexity index is 1470. The van der Waals surface area contributed by atoms with E-state index in [0.717, 1.165) is 0 Å². The molecule has 1 aliphatic carbocycles. The predicted molar refractivity (Wildman–Crippen MR) is 108 cm³/mol. The third-order valence-corrected chi connectivity index (χ3v) is 7.38. The van der Waals surface area contributed by atoms with E-state index in [9.17, 15) is 22.5 Å². The lowest BCUT2D eigenvalue weighted by Gasteiger charge is -2.12. The molecule has 162 valence electrons. The van der Waals surface area contributed by atoms with Crippen molar-refractivity contribution in [3.63, 3.8) is 0 Å². The number of halogens is 2. The van der Waals surface area contributed by atoms with Gasteiger partial charge < -0.3 is 0 Å². The number of aromatic nitrogens is 6. The molecule has 1 N–H and O–H groups in total. The third-order valence-electron chi connectivity index (χ3n) is 4.96. The van der Waals surface area contributed by atoms with Crippen LogP contribution in [0.1, 0.15) is 24.3 Å². The summed E-state index contributed by atoms with van der Waals surface area (Å²) in [6.45, 7) is 0. The maximum absolute atomic E-state index is 13.1. The molecule has 1 fully saturated rings. The third kappa shape index (κ3) is 3.49. The van der Waals surface area contributed by atoms with Crippen LogP contribution in [0.25, 0.3) is 27.2 Å². The van der Waals surface area contributed by atoms with Gasteiger partial charge in [-0.25, -0.2) is 21.9 Å². The van der Waals surface area contributed by atoms with Crippen molar-refractivity contribution in [1.29, 1.82) is 5.26 Å². The number of hydrogen-bond donors (Lipinski definition) is 1. The summed E-state index contributed by atoms with van der Waals surface area (Å²) in [6, 6.07) is 6.46. The number of benzene rings is 1. The van der Waals surface area contributed by atoms with Crippen molar-refractivity contribution in [2.45, 2.75) is 29.7 Å². The Balaban J connectivity index is 1.72. The highest BCUT2D eigenvalue weighted by molar-refractivity contribution is 7.89. The average Bonchev–Trinajstić information content (AvgIpc) is 3.18. The minimum Gasteiger partial charge on any atom is -0.207 e. The fraction of sp³-hybridized carbons (Fsp3) is 0.222. The van der Waals surface area contributed by atoms with Crippen LogP contribution in [-0.4, -0.2) is 44.1 Å². The van der Waals surface area contributed by atoms with Crippen LogP contribution >= 0.6 is 11.3 Å². The molecule has 1 aliphatic rings. The Morgan fingerprint density at radius 3 is 2.66 bits per heavy atom. The van der Waals surface area contributed by atoms with Gasteiger partial charge in [0.25, 0.3) is 6.43 Å². The molecule has 0 bridgehead atoms. The standard InChI is InChI=1S/C18H12F2N8O2S2/c19-15(20)16-25-26-17(31-16)28-14-6-11(32(29,30)27-18(9-21)2-3-18)5-12(13(14)8-24-28)10-1-4-22-23-7-10/h1,4-8,15,27H,2-3H2. The Morgan fingerprint density at radius 1 is 1.22 bits per heavy atom. The fourth-order valence-electron chi connectivity index (χ4n) is 3.18. The maximum atomic E-state index is 13.1. The summed E-state index contributed by atoms with van der Waals surface area (Å²) in [6.07, 6.45) is 2.46. The van der Waals surface area contributed by atoms with E-state index in [2.05, 4.69) is 30.2 Å². The van der Waals surface area contributed by atoms with E-state index in [1.54, 1.807) is 6.07 Å². The molecular weight excluding hydrogens is 462 g/mol. The summed E-state index contributed by atoms with van der Waals surface area (Å²) in [5.41, 5.74) is 0.272.